The molecule has 2 bridgehead atoms. The van der Waals surface area contributed by atoms with Crippen molar-refractivity contribution in [2.45, 2.75) is 44.2 Å². The lowest BCUT2D eigenvalue weighted by Crippen LogP contribution is -2.31. The Morgan fingerprint density at radius 2 is 2.14 bits per heavy atom. The number of fused-ring (bicyclic) bond motifs is 2. The Kier molecular flexibility index (Phi) is 4.38. The van der Waals surface area contributed by atoms with Crippen LogP contribution in [0.1, 0.15) is 38.4 Å². The van der Waals surface area contributed by atoms with E-state index in [2.05, 4.69) is 10.0 Å². The van der Waals surface area contributed by atoms with Crippen molar-refractivity contribution in [3.05, 3.63) is 17.9 Å². The van der Waals surface area contributed by atoms with Crippen LogP contribution in [0, 0.1) is 17.8 Å². The molecule has 3 atom stereocenters. The molecule has 3 unspecified atom stereocenters. The summed E-state index contributed by atoms with van der Waals surface area (Å²) in [4.78, 5) is 0. The summed E-state index contributed by atoms with van der Waals surface area (Å²) in [5.74, 6) is 2.71. The maximum Gasteiger partial charge on any atom is 0.273 e. The van der Waals surface area contributed by atoms with Gasteiger partial charge in [-0.3, -0.25) is 0 Å². The van der Waals surface area contributed by atoms with Gasteiger partial charge < -0.3 is 9.73 Å². The maximum atomic E-state index is 12.3. The second-order valence-corrected chi connectivity index (χ2v) is 7.99. The lowest BCUT2D eigenvalue weighted by Gasteiger charge is -2.21. The zero-order valence-electron chi connectivity index (χ0n) is 12.5. The van der Waals surface area contributed by atoms with Crippen LogP contribution in [0.15, 0.2) is 21.6 Å². The Labute approximate surface area is 126 Å². The van der Waals surface area contributed by atoms with Gasteiger partial charge in [-0.25, -0.2) is 13.1 Å². The van der Waals surface area contributed by atoms with Crippen LogP contribution in [0.25, 0.3) is 0 Å². The van der Waals surface area contributed by atoms with Crippen LogP contribution in [0.4, 0.5) is 0 Å². The first-order valence-electron chi connectivity index (χ1n) is 7.87. The molecule has 5 nitrogen and oxygen atoms in total. The molecule has 2 N–H and O–H groups in total. The molecule has 0 spiro atoms. The second-order valence-electron chi connectivity index (χ2n) is 6.29. The summed E-state index contributed by atoms with van der Waals surface area (Å²) < 4.78 is 32.7. The van der Waals surface area contributed by atoms with E-state index in [4.69, 9.17) is 4.42 Å². The van der Waals surface area contributed by atoms with Crippen molar-refractivity contribution >= 4 is 10.0 Å². The lowest BCUT2D eigenvalue weighted by molar-refractivity contribution is 0.330. The van der Waals surface area contributed by atoms with Gasteiger partial charge in [-0.1, -0.05) is 13.3 Å². The summed E-state index contributed by atoms with van der Waals surface area (Å²) in [6.45, 7) is 3.92. The second kappa shape index (κ2) is 6.10. The molecule has 0 aliphatic heterocycles. The van der Waals surface area contributed by atoms with E-state index >= 15 is 0 Å². The van der Waals surface area contributed by atoms with Crippen molar-refractivity contribution in [2.24, 2.45) is 17.8 Å². The molecule has 118 valence electrons. The Morgan fingerprint density at radius 1 is 1.29 bits per heavy atom. The number of nitrogens with one attached hydrogen (secondary N) is 2. The van der Waals surface area contributed by atoms with E-state index in [1.165, 1.54) is 31.7 Å². The third-order valence-corrected chi connectivity index (χ3v) is 6.17. The molecule has 3 rings (SSSR count). The Morgan fingerprint density at radius 3 is 2.81 bits per heavy atom. The summed E-state index contributed by atoms with van der Waals surface area (Å²) in [5.41, 5.74) is 0. The fourth-order valence-electron chi connectivity index (χ4n) is 3.76. The maximum absolute atomic E-state index is 12.3. The minimum atomic E-state index is -3.51. The van der Waals surface area contributed by atoms with Gasteiger partial charge in [-0.2, -0.15) is 0 Å². The van der Waals surface area contributed by atoms with Gasteiger partial charge in [0.2, 0.25) is 5.09 Å². The standard InChI is InChI=1S/C15H24N2O3S/c1-2-16-10-14-5-6-15(20-14)21(18,19)17-9-13-8-11-3-4-12(13)7-11/h5-6,11-13,16-17H,2-4,7-10H2,1H3. The zero-order valence-corrected chi connectivity index (χ0v) is 13.3. The third kappa shape index (κ3) is 3.33. The van der Waals surface area contributed by atoms with Crippen molar-refractivity contribution in [3.63, 3.8) is 0 Å². The van der Waals surface area contributed by atoms with E-state index in [1.807, 2.05) is 6.92 Å². The highest BCUT2D eigenvalue weighted by molar-refractivity contribution is 7.89. The number of furan rings is 1. The quantitative estimate of drug-likeness (QED) is 0.809. The molecule has 1 heterocycles. The normalized spacial score (nSPS) is 28.3. The molecule has 0 radical (unpaired) electrons. The van der Waals surface area contributed by atoms with Crippen LogP contribution in [0.2, 0.25) is 0 Å². The first-order chi connectivity index (χ1) is 10.1. The van der Waals surface area contributed by atoms with Crippen LogP contribution in [-0.4, -0.2) is 21.5 Å². The Hall–Kier alpha value is -0.850. The Balaban J connectivity index is 1.57. The summed E-state index contributed by atoms with van der Waals surface area (Å²) >= 11 is 0. The van der Waals surface area contributed by atoms with Crippen LogP contribution in [0.5, 0.6) is 0 Å². The third-order valence-electron chi connectivity index (χ3n) is 4.87. The molecule has 1 aromatic heterocycles. The fraction of sp³-hybridized carbons (Fsp3) is 0.733. The average molecular weight is 312 g/mol. The first-order valence-corrected chi connectivity index (χ1v) is 9.36. The molecule has 0 saturated heterocycles. The average Bonchev–Trinajstić information content (AvgIpc) is 3.18. The molecule has 1 aromatic rings. The molecule has 0 amide bonds. The fourth-order valence-corrected chi connectivity index (χ4v) is 4.80. The SMILES string of the molecule is CCNCc1ccc(S(=O)(=O)NCC2CC3CCC2C3)o1. The van der Waals surface area contributed by atoms with Gasteiger partial charge in [0.15, 0.2) is 0 Å². The number of rotatable bonds is 7. The van der Waals surface area contributed by atoms with Gasteiger partial charge in [-0.15, -0.1) is 0 Å². The lowest BCUT2D eigenvalue weighted by atomic mass is 9.89. The van der Waals surface area contributed by atoms with E-state index in [0.717, 1.165) is 18.4 Å². The van der Waals surface area contributed by atoms with E-state index in [0.29, 0.717) is 24.8 Å². The van der Waals surface area contributed by atoms with Gasteiger partial charge in [0.25, 0.3) is 10.0 Å². The van der Waals surface area contributed by atoms with Crippen LogP contribution >= 0.6 is 0 Å². The predicted molar refractivity (Wildman–Crippen MR) is 80.2 cm³/mol. The predicted octanol–water partition coefficient (Wildman–Crippen LogP) is 2.10. The van der Waals surface area contributed by atoms with Crippen molar-refractivity contribution in [2.75, 3.05) is 13.1 Å². The number of hydrogen-bond donors (Lipinski definition) is 2. The largest absolute Gasteiger partial charge is 0.447 e. The highest BCUT2D eigenvalue weighted by Gasteiger charge is 2.39. The van der Waals surface area contributed by atoms with Crippen molar-refractivity contribution in [1.29, 1.82) is 0 Å². The monoisotopic (exact) mass is 312 g/mol. The highest BCUT2D eigenvalue weighted by atomic mass is 32.2. The zero-order chi connectivity index (χ0) is 14.9. The van der Waals surface area contributed by atoms with Gasteiger partial charge in [-0.05, 0) is 55.7 Å². The van der Waals surface area contributed by atoms with Crippen LogP contribution < -0.4 is 10.0 Å². The van der Waals surface area contributed by atoms with Gasteiger partial charge >= 0.3 is 0 Å². The topological polar surface area (TPSA) is 71.3 Å². The summed E-state index contributed by atoms with van der Waals surface area (Å²) in [6, 6.07) is 3.25. The van der Waals surface area contributed by atoms with E-state index < -0.39 is 10.0 Å². The molecule has 2 fully saturated rings. The molecule has 21 heavy (non-hydrogen) atoms. The van der Waals surface area contributed by atoms with Crippen molar-refractivity contribution in [1.82, 2.24) is 10.0 Å². The van der Waals surface area contributed by atoms with Crippen molar-refractivity contribution < 1.29 is 12.8 Å². The number of hydrogen-bond acceptors (Lipinski definition) is 4. The molecule has 6 heteroatoms. The minimum absolute atomic E-state index is 0.0264. The summed E-state index contributed by atoms with van der Waals surface area (Å²) in [5, 5.41) is 3.14. The molecule has 2 aliphatic carbocycles. The number of sulfonamides is 1. The van der Waals surface area contributed by atoms with Crippen molar-refractivity contribution in [3.8, 4) is 0 Å². The molecule has 0 aromatic carbocycles. The first kappa shape index (κ1) is 15.1. The van der Waals surface area contributed by atoms with E-state index in [1.54, 1.807) is 6.07 Å². The van der Waals surface area contributed by atoms with Crippen LogP contribution in [0.3, 0.4) is 0 Å². The molecule has 2 saturated carbocycles. The van der Waals surface area contributed by atoms with E-state index in [-0.39, 0.29) is 5.09 Å². The molecular weight excluding hydrogens is 288 g/mol. The summed E-state index contributed by atoms with van der Waals surface area (Å²) in [6.07, 6.45) is 5.07. The highest BCUT2D eigenvalue weighted by Crippen LogP contribution is 2.48. The Bertz CT molecular complexity index is 581. The molecule has 2 aliphatic rings. The molecular formula is C15H24N2O3S. The van der Waals surface area contributed by atoms with Gasteiger partial charge in [0, 0.05) is 6.54 Å². The van der Waals surface area contributed by atoms with Gasteiger partial charge in [0.1, 0.15) is 5.76 Å². The minimum Gasteiger partial charge on any atom is -0.447 e. The smallest absolute Gasteiger partial charge is 0.273 e. The van der Waals surface area contributed by atoms with Crippen LogP contribution in [-0.2, 0) is 16.6 Å². The van der Waals surface area contributed by atoms with Gasteiger partial charge in [0.05, 0.1) is 6.54 Å². The van der Waals surface area contributed by atoms with E-state index in [9.17, 15) is 8.42 Å². The summed E-state index contributed by atoms with van der Waals surface area (Å²) in [7, 11) is -3.51.